The van der Waals surface area contributed by atoms with E-state index in [9.17, 15) is 4.79 Å². The van der Waals surface area contributed by atoms with Crippen LogP contribution in [0.4, 0.5) is 5.69 Å². The smallest absolute Gasteiger partial charge is 0.268 e. The highest BCUT2D eigenvalue weighted by Gasteiger charge is 2.30. The standard InChI is InChI=1S/C18H22N4O2/c1-5-22-10-14(13(4)20-22)16-9-17(24-21-16)18(23)19-15-7-6-11(2)8-12(15)3/h6-8,10,17H,5,9H2,1-4H3,(H,19,23). The van der Waals surface area contributed by atoms with Crippen molar-refractivity contribution in [2.75, 3.05) is 5.32 Å². The third kappa shape index (κ3) is 3.18. The Kier molecular flexibility index (Phi) is 4.38. The molecular formula is C18H22N4O2. The predicted molar refractivity (Wildman–Crippen MR) is 93.2 cm³/mol. The summed E-state index contributed by atoms with van der Waals surface area (Å²) in [6, 6.07) is 5.92. The van der Waals surface area contributed by atoms with Crippen LogP contribution in [0.1, 0.15) is 35.7 Å². The summed E-state index contributed by atoms with van der Waals surface area (Å²) < 4.78 is 1.86. The number of carbonyl (C=O) groups is 1. The summed E-state index contributed by atoms with van der Waals surface area (Å²) in [4.78, 5) is 17.8. The Morgan fingerprint density at radius 2 is 2.17 bits per heavy atom. The van der Waals surface area contributed by atoms with Crippen molar-refractivity contribution in [3.63, 3.8) is 0 Å². The number of nitrogens with zero attached hydrogens (tertiary/aromatic N) is 3. The summed E-state index contributed by atoms with van der Waals surface area (Å²) in [5, 5.41) is 11.4. The number of carbonyl (C=O) groups excluding carboxylic acids is 1. The van der Waals surface area contributed by atoms with Gasteiger partial charge in [-0.1, -0.05) is 22.9 Å². The van der Waals surface area contributed by atoms with Gasteiger partial charge in [-0.3, -0.25) is 9.48 Å². The molecule has 2 aromatic rings. The van der Waals surface area contributed by atoms with E-state index in [0.29, 0.717) is 6.42 Å². The van der Waals surface area contributed by atoms with E-state index in [-0.39, 0.29) is 5.91 Å². The summed E-state index contributed by atoms with van der Waals surface area (Å²) >= 11 is 0. The fraction of sp³-hybridized carbons (Fsp3) is 0.389. The molecule has 1 N–H and O–H groups in total. The Hall–Kier alpha value is -2.63. The van der Waals surface area contributed by atoms with Crippen molar-refractivity contribution >= 4 is 17.3 Å². The average Bonchev–Trinajstić information content (AvgIpc) is 3.16. The topological polar surface area (TPSA) is 68.5 Å². The lowest BCUT2D eigenvalue weighted by Gasteiger charge is -2.12. The molecule has 3 rings (SSSR count). The molecule has 0 saturated carbocycles. The second-order valence-electron chi connectivity index (χ2n) is 6.13. The lowest BCUT2D eigenvalue weighted by Crippen LogP contribution is -2.28. The molecule has 0 spiro atoms. The third-order valence-corrected chi connectivity index (χ3v) is 4.18. The van der Waals surface area contributed by atoms with Crippen molar-refractivity contribution in [3.05, 3.63) is 46.8 Å². The summed E-state index contributed by atoms with van der Waals surface area (Å²) in [6.45, 7) is 8.77. The number of benzene rings is 1. The minimum absolute atomic E-state index is 0.179. The predicted octanol–water partition coefficient (Wildman–Crippen LogP) is 2.96. The van der Waals surface area contributed by atoms with E-state index < -0.39 is 6.10 Å². The Bertz CT molecular complexity index is 807. The highest BCUT2D eigenvalue weighted by Crippen LogP contribution is 2.22. The molecule has 1 atom stereocenters. The Morgan fingerprint density at radius 3 is 2.83 bits per heavy atom. The van der Waals surface area contributed by atoms with E-state index in [2.05, 4.69) is 15.6 Å². The van der Waals surface area contributed by atoms with E-state index in [1.165, 1.54) is 0 Å². The van der Waals surface area contributed by atoms with Crippen molar-refractivity contribution in [2.45, 2.75) is 46.8 Å². The molecule has 0 aliphatic carbocycles. The number of hydrogen-bond acceptors (Lipinski definition) is 4. The van der Waals surface area contributed by atoms with E-state index in [4.69, 9.17) is 4.84 Å². The van der Waals surface area contributed by atoms with Gasteiger partial charge in [-0.2, -0.15) is 5.10 Å². The van der Waals surface area contributed by atoms with Gasteiger partial charge in [-0.25, -0.2) is 0 Å². The number of amides is 1. The second kappa shape index (κ2) is 6.47. The van der Waals surface area contributed by atoms with Crippen LogP contribution in [0.3, 0.4) is 0 Å². The molecule has 0 bridgehead atoms. The van der Waals surface area contributed by atoms with Gasteiger partial charge < -0.3 is 10.2 Å². The molecular weight excluding hydrogens is 304 g/mol. The molecule has 1 aliphatic heterocycles. The SMILES string of the molecule is CCn1cc(C2=NOC(C(=O)Nc3ccc(C)cc3C)C2)c(C)n1. The first kappa shape index (κ1) is 16.2. The first-order valence-electron chi connectivity index (χ1n) is 8.13. The second-order valence-corrected chi connectivity index (χ2v) is 6.13. The highest BCUT2D eigenvalue weighted by atomic mass is 16.6. The number of rotatable bonds is 4. The van der Waals surface area contributed by atoms with Crippen molar-refractivity contribution < 1.29 is 9.63 Å². The Morgan fingerprint density at radius 1 is 1.38 bits per heavy atom. The van der Waals surface area contributed by atoms with Crippen LogP contribution in [-0.2, 0) is 16.2 Å². The minimum atomic E-state index is -0.606. The van der Waals surface area contributed by atoms with Gasteiger partial charge in [0.25, 0.3) is 5.91 Å². The normalized spacial score (nSPS) is 16.7. The molecule has 126 valence electrons. The summed E-state index contributed by atoms with van der Waals surface area (Å²) in [5.74, 6) is -0.179. The molecule has 1 aliphatic rings. The number of hydrogen-bond donors (Lipinski definition) is 1. The van der Waals surface area contributed by atoms with E-state index in [1.807, 2.05) is 56.8 Å². The van der Waals surface area contributed by atoms with Gasteiger partial charge >= 0.3 is 0 Å². The number of nitrogens with one attached hydrogen (secondary N) is 1. The summed E-state index contributed by atoms with van der Waals surface area (Å²) in [5.41, 5.74) is 5.61. The number of oxime groups is 1. The van der Waals surface area contributed by atoms with Gasteiger partial charge in [0.2, 0.25) is 6.10 Å². The number of aromatic nitrogens is 2. The van der Waals surface area contributed by atoms with Gasteiger partial charge in [-0.15, -0.1) is 0 Å². The van der Waals surface area contributed by atoms with Crippen molar-refractivity contribution in [3.8, 4) is 0 Å². The van der Waals surface area contributed by atoms with Crippen LogP contribution in [0.15, 0.2) is 29.6 Å². The quantitative estimate of drug-likeness (QED) is 0.939. The molecule has 0 saturated heterocycles. The highest BCUT2D eigenvalue weighted by molar-refractivity contribution is 6.06. The molecule has 24 heavy (non-hydrogen) atoms. The first-order valence-corrected chi connectivity index (χ1v) is 8.13. The van der Waals surface area contributed by atoms with E-state index in [1.54, 1.807) is 0 Å². The fourth-order valence-corrected chi connectivity index (χ4v) is 2.81. The first-order chi connectivity index (χ1) is 11.5. The Labute approximate surface area is 141 Å². The molecule has 6 nitrogen and oxygen atoms in total. The molecule has 0 radical (unpaired) electrons. The lowest BCUT2D eigenvalue weighted by atomic mass is 10.1. The number of anilines is 1. The van der Waals surface area contributed by atoms with Gasteiger partial charge in [-0.05, 0) is 39.3 Å². The van der Waals surface area contributed by atoms with Gasteiger partial charge in [0, 0.05) is 30.4 Å². The van der Waals surface area contributed by atoms with Gasteiger partial charge in [0.15, 0.2) is 0 Å². The Balaban J connectivity index is 1.67. The molecule has 1 unspecified atom stereocenters. The molecule has 2 heterocycles. The summed E-state index contributed by atoms with van der Waals surface area (Å²) in [7, 11) is 0. The molecule has 6 heteroatoms. The van der Waals surface area contributed by atoms with E-state index in [0.717, 1.165) is 40.3 Å². The molecule has 1 aromatic heterocycles. The molecule has 1 amide bonds. The van der Waals surface area contributed by atoms with Crippen LogP contribution >= 0.6 is 0 Å². The van der Waals surface area contributed by atoms with Crippen LogP contribution < -0.4 is 5.32 Å². The zero-order chi connectivity index (χ0) is 17.3. The monoisotopic (exact) mass is 326 g/mol. The third-order valence-electron chi connectivity index (χ3n) is 4.18. The van der Waals surface area contributed by atoms with Crippen LogP contribution in [0.2, 0.25) is 0 Å². The van der Waals surface area contributed by atoms with E-state index >= 15 is 0 Å². The maximum absolute atomic E-state index is 12.4. The zero-order valence-corrected chi connectivity index (χ0v) is 14.5. The van der Waals surface area contributed by atoms with Crippen LogP contribution in [0.25, 0.3) is 0 Å². The number of aryl methyl sites for hydroxylation is 4. The summed E-state index contributed by atoms with van der Waals surface area (Å²) in [6.07, 6.45) is 1.79. The largest absolute Gasteiger partial charge is 0.382 e. The van der Waals surface area contributed by atoms with Crippen molar-refractivity contribution in [1.29, 1.82) is 0 Å². The van der Waals surface area contributed by atoms with Crippen LogP contribution in [-0.4, -0.2) is 27.5 Å². The average molecular weight is 326 g/mol. The minimum Gasteiger partial charge on any atom is -0.382 e. The maximum atomic E-state index is 12.4. The van der Waals surface area contributed by atoms with Gasteiger partial charge in [0.05, 0.1) is 11.4 Å². The van der Waals surface area contributed by atoms with Gasteiger partial charge in [0.1, 0.15) is 0 Å². The van der Waals surface area contributed by atoms with Crippen LogP contribution in [0.5, 0.6) is 0 Å². The lowest BCUT2D eigenvalue weighted by molar-refractivity contribution is -0.125. The van der Waals surface area contributed by atoms with Crippen molar-refractivity contribution in [1.82, 2.24) is 9.78 Å². The fourth-order valence-electron chi connectivity index (χ4n) is 2.81. The van der Waals surface area contributed by atoms with Crippen LogP contribution in [0, 0.1) is 20.8 Å². The van der Waals surface area contributed by atoms with Crippen molar-refractivity contribution in [2.24, 2.45) is 5.16 Å². The zero-order valence-electron chi connectivity index (χ0n) is 14.5. The molecule has 0 fully saturated rings. The maximum Gasteiger partial charge on any atom is 0.268 e. The molecule has 1 aromatic carbocycles.